The molecule has 33 heavy (non-hydrogen) atoms. The molecule has 0 bridgehead atoms. The number of likely N-dealkylation sites (N-methyl/N-ethyl adjacent to an activating group) is 1. The Balaban J connectivity index is 1.86. The van der Waals surface area contributed by atoms with Gasteiger partial charge in [-0.05, 0) is 13.1 Å². The van der Waals surface area contributed by atoms with Gasteiger partial charge in [-0.2, -0.15) is 0 Å². The maximum Gasteiger partial charge on any atom is 0.252 e. The molecule has 2 aliphatic carbocycles. The lowest BCUT2D eigenvalue weighted by Crippen LogP contribution is -2.52. The lowest BCUT2D eigenvalue weighted by Gasteiger charge is -2.37. The van der Waals surface area contributed by atoms with Gasteiger partial charge < -0.3 is 35.8 Å². The number of aliphatic hydroxyl groups is 2. The molecule has 0 saturated heterocycles. The number of methoxy groups -OCH3 is 1. The van der Waals surface area contributed by atoms with Gasteiger partial charge in [0.2, 0.25) is 5.78 Å². The summed E-state index contributed by atoms with van der Waals surface area (Å²) >= 11 is 0. The van der Waals surface area contributed by atoms with E-state index in [4.69, 9.17) is 4.74 Å². The maximum absolute atomic E-state index is 13.3. The van der Waals surface area contributed by atoms with Crippen LogP contribution in [0.4, 0.5) is 0 Å². The Morgan fingerprint density at radius 2 is 1.82 bits per heavy atom. The lowest BCUT2D eigenvalue weighted by molar-refractivity contribution is -0.144. The summed E-state index contributed by atoms with van der Waals surface area (Å²) < 4.78 is 5.20. The molecule has 2 aliphatic rings. The van der Waals surface area contributed by atoms with E-state index in [1.165, 1.54) is 25.3 Å². The molecule has 10 nitrogen and oxygen atoms in total. The first kappa shape index (κ1) is 22.7. The van der Waals surface area contributed by atoms with Crippen molar-refractivity contribution in [1.82, 2.24) is 10.6 Å². The van der Waals surface area contributed by atoms with Gasteiger partial charge in [0.15, 0.2) is 5.78 Å². The summed E-state index contributed by atoms with van der Waals surface area (Å²) in [5.41, 5.74) is -3.42. The van der Waals surface area contributed by atoms with Crippen LogP contribution in [0.15, 0.2) is 18.2 Å². The predicted octanol–water partition coefficient (Wildman–Crippen LogP) is -0.0719. The van der Waals surface area contributed by atoms with Crippen LogP contribution in [0, 0.1) is 0 Å². The number of aromatic hydroxyl groups is 2. The van der Waals surface area contributed by atoms with E-state index in [0.717, 1.165) is 0 Å². The number of ether oxygens (including phenoxy) is 1. The fraction of sp³-hybridized carbons (Fsp3) is 0.348. The second-order valence-corrected chi connectivity index (χ2v) is 8.17. The van der Waals surface area contributed by atoms with Crippen LogP contribution in [-0.4, -0.2) is 70.7 Å². The molecule has 4 rings (SSSR count). The van der Waals surface area contributed by atoms with Crippen molar-refractivity contribution in [2.45, 2.75) is 24.5 Å². The highest BCUT2D eigenvalue weighted by molar-refractivity contribution is 6.31. The monoisotopic (exact) mass is 456 g/mol. The molecular weight excluding hydrogens is 432 g/mol. The van der Waals surface area contributed by atoms with Crippen molar-refractivity contribution < 1.29 is 39.5 Å². The van der Waals surface area contributed by atoms with Gasteiger partial charge in [0.05, 0.1) is 29.9 Å². The van der Waals surface area contributed by atoms with Crippen molar-refractivity contribution in [3.05, 3.63) is 51.6 Å². The Morgan fingerprint density at radius 3 is 2.48 bits per heavy atom. The quantitative estimate of drug-likeness (QED) is 0.228. The van der Waals surface area contributed by atoms with E-state index in [1.54, 1.807) is 7.05 Å². The van der Waals surface area contributed by atoms with Crippen LogP contribution in [0.25, 0.3) is 0 Å². The van der Waals surface area contributed by atoms with Crippen LogP contribution in [0.2, 0.25) is 0 Å². The summed E-state index contributed by atoms with van der Waals surface area (Å²) in [6.45, 7) is 0.660. The number of phenols is 2. The zero-order chi connectivity index (χ0) is 24.1. The van der Waals surface area contributed by atoms with E-state index in [0.29, 0.717) is 6.54 Å². The number of hydrogen-bond acceptors (Lipinski definition) is 9. The number of carbonyl (C=O) groups excluding carboxylic acids is 3. The Hall–Kier alpha value is -3.47. The minimum atomic E-state index is -2.10. The minimum Gasteiger partial charge on any atom is -0.507 e. The van der Waals surface area contributed by atoms with Crippen LogP contribution in [0.1, 0.15) is 55.5 Å². The molecule has 2 atom stereocenters. The number of nitrogens with one attached hydrogen (secondary N) is 2. The zero-order valence-electron chi connectivity index (χ0n) is 18.1. The molecule has 0 radical (unpaired) electrons. The second kappa shape index (κ2) is 8.14. The summed E-state index contributed by atoms with van der Waals surface area (Å²) in [6.07, 6.45) is -2.52. The molecule has 0 aliphatic heterocycles. The molecule has 0 heterocycles. The molecule has 2 unspecified atom stereocenters. The van der Waals surface area contributed by atoms with Gasteiger partial charge in [0, 0.05) is 42.6 Å². The predicted molar refractivity (Wildman–Crippen MR) is 115 cm³/mol. The minimum absolute atomic E-state index is 0.0158. The van der Waals surface area contributed by atoms with Gasteiger partial charge in [-0.25, -0.2) is 0 Å². The van der Waals surface area contributed by atoms with Crippen molar-refractivity contribution in [3.63, 3.8) is 0 Å². The normalized spacial score (nSPS) is 21.2. The third kappa shape index (κ3) is 3.34. The number of amides is 1. The number of aliphatic hydroxyl groups excluding tert-OH is 1. The smallest absolute Gasteiger partial charge is 0.252 e. The molecule has 6 N–H and O–H groups in total. The van der Waals surface area contributed by atoms with Gasteiger partial charge >= 0.3 is 0 Å². The van der Waals surface area contributed by atoms with Crippen LogP contribution >= 0.6 is 0 Å². The topological polar surface area (TPSA) is 165 Å². The average molecular weight is 456 g/mol. The molecule has 2 aromatic rings. The molecule has 174 valence electrons. The maximum atomic E-state index is 13.3. The molecule has 0 fully saturated rings. The number of hydrogen-bond donors (Lipinski definition) is 6. The highest BCUT2D eigenvalue weighted by atomic mass is 16.5. The van der Waals surface area contributed by atoms with Crippen LogP contribution in [-0.2, 0) is 11.2 Å². The van der Waals surface area contributed by atoms with E-state index >= 15 is 0 Å². The lowest BCUT2D eigenvalue weighted by atomic mass is 9.72. The fourth-order valence-corrected chi connectivity index (χ4v) is 4.58. The van der Waals surface area contributed by atoms with E-state index in [-0.39, 0.29) is 34.5 Å². The number of phenolic OH excluding ortho intramolecular Hbond substituents is 2. The molecule has 0 spiro atoms. The zero-order valence-corrected chi connectivity index (χ0v) is 18.1. The summed E-state index contributed by atoms with van der Waals surface area (Å²) in [7, 11) is 3.02. The molecule has 0 saturated carbocycles. The first-order chi connectivity index (χ1) is 15.7. The Morgan fingerprint density at radius 1 is 1.12 bits per heavy atom. The Kier molecular flexibility index (Phi) is 5.61. The van der Waals surface area contributed by atoms with E-state index < -0.39 is 64.6 Å². The van der Waals surface area contributed by atoms with Gasteiger partial charge in [-0.15, -0.1) is 0 Å². The highest BCUT2D eigenvalue weighted by Gasteiger charge is 2.48. The Labute approximate surface area is 188 Å². The van der Waals surface area contributed by atoms with E-state index in [9.17, 15) is 34.8 Å². The van der Waals surface area contributed by atoms with Crippen molar-refractivity contribution in [3.8, 4) is 17.2 Å². The second-order valence-electron chi connectivity index (χ2n) is 8.17. The van der Waals surface area contributed by atoms with Gasteiger partial charge in [0.1, 0.15) is 22.8 Å². The first-order valence-corrected chi connectivity index (χ1v) is 10.4. The summed E-state index contributed by atoms with van der Waals surface area (Å²) in [5.74, 6) is -3.44. The van der Waals surface area contributed by atoms with Crippen molar-refractivity contribution in [1.29, 1.82) is 0 Å². The van der Waals surface area contributed by atoms with Crippen molar-refractivity contribution in [2.24, 2.45) is 0 Å². The average Bonchev–Trinajstić information content (AvgIpc) is 2.78. The third-order valence-corrected chi connectivity index (χ3v) is 6.18. The molecular formula is C23H24N2O8. The largest absolute Gasteiger partial charge is 0.507 e. The molecule has 0 aromatic heterocycles. The van der Waals surface area contributed by atoms with Crippen LogP contribution < -0.4 is 15.4 Å². The molecule has 2 aromatic carbocycles. The highest BCUT2D eigenvalue weighted by Crippen LogP contribution is 2.50. The number of ketones is 2. The van der Waals surface area contributed by atoms with E-state index in [2.05, 4.69) is 10.6 Å². The van der Waals surface area contributed by atoms with Gasteiger partial charge in [-0.3, -0.25) is 14.4 Å². The van der Waals surface area contributed by atoms with Crippen molar-refractivity contribution in [2.75, 3.05) is 27.2 Å². The Bertz CT molecular complexity index is 1190. The van der Waals surface area contributed by atoms with Gasteiger partial charge in [-0.1, -0.05) is 12.1 Å². The van der Waals surface area contributed by atoms with E-state index in [1.807, 2.05) is 0 Å². The number of fused-ring (bicyclic) bond motifs is 3. The molecule has 1 amide bonds. The van der Waals surface area contributed by atoms with Crippen LogP contribution in [0.3, 0.4) is 0 Å². The first-order valence-electron chi connectivity index (χ1n) is 10.4. The molecule has 10 heteroatoms. The standard InChI is InChI=1S/C23H24N2O8/c1-24-6-7-25-22(31)23(32)8-11-14(12(26)9-23)20(29)17-16(19(11)28)18(27)10-4-3-5-13(33-2)15(10)21(17)30/h3-5,12,24,26,28-29,32H,6-9H2,1-2H3,(H,25,31). The third-order valence-electron chi connectivity index (χ3n) is 6.18. The number of benzene rings is 2. The fourth-order valence-electron chi connectivity index (χ4n) is 4.58. The summed E-state index contributed by atoms with van der Waals surface area (Å²) in [6, 6.07) is 4.41. The number of carbonyl (C=O) groups is 3. The van der Waals surface area contributed by atoms with Crippen LogP contribution in [0.5, 0.6) is 17.2 Å². The summed E-state index contributed by atoms with van der Waals surface area (Å²) in [4.78, 5) is 39.1. The SMILES string of the molecule is CNCCNC(=O)C1(O)Cc2c(O)c3c(c(O)c2C(O)C1)C(=O)c1c(OC)cccc1C3=O. The number of rotatable bonds is 5. The van der Waals surface area contributed by atoms with Gasteiger partial charge in [0.25, 0.3) is 5.91 Å². The van der Waals surface area contributed by atoms with Crippen molar-refractivity contribution >= 4 is 17.5 Å². The summed E-state index contributed by atoms with van der Waals surface area (Å²) in [5, 5.41) is 49.0.